The molecule has 3 nitrogen and oxygen atoms in total. The molecule has 18 heavy (non-hydrogen) atoms. The van der Waals surface area contributed by atoms with Crippen LogP contribution >= 0.6 is 11.8 Å². The number of carbonyl (C=O) groups excluding carboxylic acids is 1. The Labute approximate surface area is 116 Å². The van der Waals surface area contributed by atoms with Gasteiger partial charge in [0, 0.05) is 5.54 Å². The summed E-state index contributed by atoms with van der Waals surface area (Å²) in [5.74, 6) is 3.42. The largest absolute Gasteiger partial charge is 0.350 e. The van der Waals surface area contributed by atoms with Gasteiger partial charge in [-0.1, -0.05) is 6.92 Å². The Hall–Kier alpha value is -0.220. The van der Waals surface area contributed by atoms with Crippen molar-refractivity contribution in [2.45, 2.75) is 58.5 Å². The van der Waals surface area contributed by atoms with Crippen molar-refractivity contribution in [3.8, 4) is 0 Å². The molecule has 2 N–H and O–H groups in total. The molecule has 1 aliphatic rings. The van der Waals surface area contributed by atoms with Gasteiger partial charge in [-0.05, 0) is 64.0 Å². The molecule has 106 valence electrons. The first kappa shape index (κ1) is 15.8. The summed E-state index contributed by atoms with van der Waals surface area (Å²) in [6.07, 6.45) is 3.52. The molecule has 1 rings (SSSR count). The molecule has 0 radical (unpaired) electrons. The summed E-state index contributed by atoms with van der Waals surface area (Å²) >= 11 is 2.04. The van der Waals surface area contributed by atoms with Gasteiger partial charge >= 0.3 is 0 Å². The zero-order chi connectivity index (χ0) is 13.6. The van der Waals surface area contributed by atoms with Crippen LogP contribution in [0.15, 0.2) is 0 Å². The minimum Gasteiger partial charge on any atom is -0.350 e. The number of hydrogen-bond acceptors (Lipinski definition) is 3. The van der Waals surface area contributed by atoms with Crippen molar-refractivity contribution in [1.29, 1.82) is 0 Å². The molecule has 0 aliphatic carbocycles. The smallest absolute Gasteiger partial charge is 0.237 e. The van der Waals surface area contributed by atoms with E-state index in [1.807, 2.05) is 18.7 Å². The zero-order valence-corrected chi connectivity index (χ0v) is 13.0. The van der Waals surface area contributed by atoms with Crippen molar-refractivity contribution in [2.24, 2.45) is 5.92 Å². The summed E-state index contributed by atoms with van der Waals surface area (Å²) in [5, 5.41) is 6.47. The zero-order valence-electron chi connectivity index (χ0n) is 12.2. The van der Waals surface area contributed by atoms with Crippen LogP contribution in [0.4, 0.5) is 0 Å². The Morgan fingerprint density at radius 3 is 2.56 bits per heavy atom. The molecular formula is C14H28N2OS. The minimum absolute atomic E-state index is 0.0922. The molecule has 1 aliphatic heterocycles. The average molecular weight is 272 g/mol. The van der Waals surface area contributed by atoms with E-state index < -0.39 is 0 Å². The van der Waals surface area contributed by atoms with Gasteiger partial charge in [0.2, 0.25) is 5.91 Å². The van der Waals surface area contributed by atoms with Crippen LogP contribution in [-0.2, 0) is 4.79 Å². The molecule has 1 fully saturated rings. The second-order valence-electron chi connectivity index (χ2n) is 5.91. The van der Waals surface area contributed by atoms with Crippen LogP contribution in [0.3, 0.4) is 0 Å². The lowest BCUT2D eigenvalue weighted by Crippen LogP contribution is -2.51. The van der Waals surface area contributed by atoms with E-state index in [1.54, 1.807) is 0 Å². The Balaban J connectivity index is 2.26. The van der Waals surface area contributed by atoms with E-state index in [0.717, 1.165) is 18.9 Å². The highest BCUT2D eigenvalue weighted by Gasteiger charge is 2.22. The molecule has 0 aromatic rings. The fraction of sp³-hybridized carbons (Fsp3) is 0.929. The first-order valence-corrected chi connectivity index (χ1v) is 8.23. The van der Waals surface area contributed by atoms with E-state index in [1.165, 1.54) is 24.3 Å². The Morgan fingerprint density at radius 1 is 1.39 bits per heavy atom. The molecule has 1 saturated heterocycles. The summed E-state index contributed by atoms with van der Waals surface area (Å²) in [4.78, 5) is 12.0. The topological polar surface area (TPSA) is 41.1 Å². The van der Waals surface area contributed by atoms with Gasteiger partial charge in [0.15, 0.2) is 0 Å². The maximum Gasteiger partial charge on any atom is 0.237 e. The maximum atomic E-state index is 12.0. The summed E-state index contributed by atoms with van der Waals surface area (Å²) in [6.45, 7) is 9.16. The SMILES string of the molecule is CCC(C)(C)NC(=O)C(C)NCC1CCSCC1. The van der Waals surface area contributed by atoms with Crippen molar-refractivity contribution in [2.75, 3.05) is 18.1 Å². The Kier molecular flexibility index (Phi) is 6.50. The van der Waals surface area contributed by atoms with Gasteiger partial charge in [-0.25, -0.2) is 0 Å². The van der Waals surface area contributed by atoms with Crippen molar-refractivity contribution < 1.29 is 4.79 Å². The van der Waals surface area contributed by atoms with Crippen molar-refractivity contribution in [1.82, 2.24) is 10.6 Å². The van der Waals surface area contributed by atoms with E-state index in [-0.39, 0.29) is 17.5 Å². The summed E-state index contributed by atoms with van der Waals surface area (Å²) < 4.78 is 0. The number of thioether (sulfide) groups is 1. The number of rotatable bonds is 6. The molecule has 0 aromatic carbocycles. The van der Waals surface area contributed by atoms with E-state index in [2.05, 4.69) is 31.4 Å². The molecule has 0 spiro atoms. The predicted octanol–water partition coefficient (Wildman–Crippen LogP) is 2.41. The van der Waals surface area contributed by atoms with E-state index in [0.29, 0.717) is 0 Å². The number of hydrogen-bond donors (Lipinski definition) is 2. The highest BCUT2D eigenvalue weighted by Crippen LogP contribution is 2.21. The van der Waals surface area contributed by atoms with Crippen LogP contribution in [0.25, 0.3) is 0 Å². The lowest BCUT2D eigenvalue weighted by atomic mass is 10.0. The molecule has 0 saturated carbocycles. The number of carbonyl (C=O) groups is 1. The highest BCUT2D eigenvalue weighted by molar-refractivity contribution is 7.99. The second-order valence-corrected chi connectivity index (χ2v) is 7.14. The predicted molar refractivity (Wildman–Crippen MR) is 80.0 cm³/mol. The number of nitrogens with one attached hydrogen (secondary N) is 2. The molecule has 1 heterocycles. The molecule has 1 amide bonds. The van der Waals surface area contributed by atoms with Crippen molar-refractivity contribution in [3.05, 3.63) is 0 Å². The third-order valence-electron chi connectivity index (χ3n) is 3.79. The fourth-order valence-corrected chi connectivity index (χ4v) is 3.12. The molecule has 1 atom stereocenters. The monoisotopic (exact) mass is 272 g/mol. The lowest BCUT2D eigenvalue weighted by Gasteiger charge is -2.28. The van der Waals surface area contributed by atoms with Gasteiger partial charge in [-0.15, -0.1) is 0 Å². The van der Waals surface area contributed by atoms with Gasteiger partial charge in [0.05, 0.1) is 6.04 Å². The molecule has 0 bridgehead atoms. The molecule has 4 heteroatoms. The summed E-state index contributed by atoms with van der Waals surface area (Å²) in [6, 6.07) is -0.0922. The van der Waals surface area contributed by atoms with Gasteiger partial charge in [0.25, 0.3) is 0 Å². The van der Waals surface area contributed by atoms with E-state index in [4.69, 9.17) is 0 Å². The Bertz CT molecular complexity index is 263. The normalized spacial score (nSPS) is 19.6. The van der Waals surface area contributed by atoms with E-state index in [9.17, 15) is 4.79 Å². The third kappa shape index (κ3) is 5.61. The van der Waals surface area contributed by atoms with Gasteiger partial charge in [0.1, 0.15) is 0 Å². The van der Waals surface area contributed by atoms with Crippen molar-refractivity contribution in [3.63, 3.8) is 0 Å². The average Bonchev–Trinajstić information content (AvgIpc) is 2.36. The first-order valence-electron chi connectivity index (χ1n) is 7.08. The van der Waals surface area contributed by atoms with Crippen LogP contribution in [0, 0.1) is 5.92 Å². The molecule has 1 unspecified atom stereocenters. The first-order chi connectivity index (χ1) is 8.44. The lowest BCUT2D eigenvalue weighted by molar-refractivity contribution is -0.124. The summed E-state index contributed by atoms with van der Waals surface area (Å²) in [7, 11) is 0. The van der Waals surface area contributed by atoms with Crippen LogP contribution in [0.2, 0.25) is 0 Å². The van der Waals surface area contributed by atoms with Crippen molar-refractivity contribution >= 4 is 17.7 Å². The van der Waals surface area contributed by atoms with Crippen LogP contribution in [0.1, 0.15) is 47.0 Å². The van der Waals surface area contributed by atoms with Crippen LogP contribution in [-0.4, -0.2) is 35.5 Å². The number of amides is 1. The standard InChI is InChI=1S/C14H28N2OS/c1-5-14(3,4)16-13(17)11(2)15-10-12-6-8-18-9-7-12/h11-12,15H,5-10H2,1-4H3,(H,16,17). The summed E-state index contributed by atoms with van der Waals surface area (Å²) in [5.41, 5.74) is -0.103. The minimum atomic E-state index is -0.103. The highest BCUT2D eigenvalue weighted by atomic mass is 32.2. The van der Waals surface area contributed by atoms with Crippen LogP contribution in [0.5, 0.6) is 0 Å². The van der Waals surface area contributed by atoms with Crippen LogP contribution < -0.4 is 10.6 Å². The van der Waals surface area contributed by atoms with Gasteiger partial charge < -0.3 is 10.6 Å². The quantitative estimate of drug-likeness (QED) is 0.780. The maximum absolute atomic E-state index is 12.0. The second kappa shape index (κ2) is 7.39. The molecule has 0 aromatic heterocycles. The Morgan fingerprint density at radius 2 is 2.00 bits per heavy atom. The third-order valence-corrected chi connectivity index (χ3v) is 4.84. The van der Waals surface area contributed by atoms with E-state index >= 15 is 0 Å². The van der Waals surface area contributed by atoms with Gasteiger partial charge in [-0.3, -0.25) is 4.79 Å². The van der Waals surface area contributed by atoms with Gasteiger partial charge in [-0.2, -0.15) is 11.8 Å². The molecular weight excluding hydrogens is 244 g/mol. The fourth-order valence-electron chi connectivity index (χ4n) is 1.92.